The van der Waals surface area contributed by atoms with Gasteiger partial charge in [-0.25, -0.2) is 4.39 Å². The molecule has 3 fully saturated rings. The third-order valence-electron chi connectivity index (χ3n) is 1.76. The molecule has 2 saturated heterocycles. The number of hydrogen-bond acceptors (Lipinski definition) is 1. The molecule has 2 aliphatic heterocycles. The average molecular weight is 102 g/mol. The Balaban J connectivity index is 2.20. The van der Waals surface area contributed by atoms with E-state index in [1.165, 1.54) is 0 Å². The molecule has 1 aliphatic carbocycles. The van der Waals surface area contributed by atoms with Gasteiger partial charge in [0.15, 0.2) is 0 Å². The van der Waals surface area contributed by atoms with Crippen molar-refractivity contribution in [1.82, 2.24) is 0 Å². The number of fused-ring (bicyclic) bond motifs is 1. The molecule has 0 aromatic heterocycles. The monoisotopic (exact) mass is 102 g/mol. The zero-order valence-electron chi connectivity index (χ0n) is 3.98. The van der Waals surface area contributed by atoms with E-state index in [1.54, 1.807) is 0 Å². The predicted molar refractivity (Wildman–Crippen MR) is 22.8 cm³/mol. The summed E-state index contributed by atoms with van der Waals surface area (Å²) in [7, 11) is 0. The zero-order chi connectivity index (χ0) is 4.91. The minimum atomic E-state index is -0.884. The van der Waals surface area contributed by atoms with E-state index in [0.29, 0.717) is 19.4 Å². The number of alkyl halides is 1. The van der Waals surface area contributed by atoms with E-state index in [9.17, 15) is 4.39 Å². The van der Waals surface area contributed by atoms with Crippen LogP contribution in [0.15, 0.2) is 0 Å². The number of rotatable bonds is 0. The Bertz CT molecular complexity index is 90.7. The first kappa shape index (κ1) is 3.84. The maximum atomic E-state index is 12.6. The van der Waals surface area contributed by atoms with Gasteiger partial charge in [0, 0.05) is 12.8 Å². The summed E-state index contributed by atoms with van der Waals surface area (Å²) in [6.45, 7) is 0.359. The second-order valence-corrected chi connectivity index (χ2v) is 2.49. The summed E-state index contributed by atoms with van der Waals surface area (Å²) in [5.74, 6) is 0. The Morgan fingerprint density at radius 3 is 2.43 bits per heavy atom. The van der Waals surface area contributed by atoms with E-state index in [2.05, 4.69) is 0 Å². The highest BCUT2D eigenvalue weighted by Gasteiger charge is 2.52. The number of hydrogen-bond donors (Lipinski definition) is 0. The van der Waals surface area contributed by atoms with Gasteiger partial charge >= 0.3 is 0 Å². The van der Waals surface area contributed by atoms with Crippen molar-refractivity contribution in [2.75, 3.05) is 6.61 Å². The maximum absolute atomic E-state index is 12.6. The van der Waals surface area contributed by atoms with Crippen LogP contribution in [0.5, 0.6) is 0 Å². The van der Waals surface area contributed by atoms with Crippen LogP contribution in [0.1, 0.15) is 12.8 Å². The first-order chi connectivity index (χ1) is 3.29. The lowest BCUT2D eigenvalue weighted by Crippen LogP contribution is -2.34. The van der Waals surface area contributed by atoms with Crippen LogP contribution in [0.2, 0.25) is 0 Å². The summed E-state index contributed by atoms with van der Waals surface area (Å²) in [6, 6.07) is 0. The van der Waals surface area contributed by atoms with Crippen molar-refractivity contribution >= 4 is 0 Å². The molecule has 1 saturated carbocycles. The fourth-order valence-electron chi connectivity index (χ4n) is 1.26. The molecule has 2 bridgehead atoms. The molecule has 0 radical (unpaired) electrons. The smallest absolute Gasteiger partial charge is 0.139 e. The van der Waals surface area contributed by atoms with Gasteiger partial charge in [0.25, 0.3) is 0 Å². The van der Waals surface area contributed by atoms with Crippen molar-refractivity contribution in [1.29, 1.82) is 0 Å². The molecule has 2 heteroatoms. The van der Waals surface area contributed by atoms with Crippen molar-refractivity contribution in [3.63, 3.8) is 0 Å². The van der Waals surface area contributed by atoms with Crippen LogP contribution < -0.4 is 0 Å². The zero-order valence-corrected chi connectivity index (χ0v) is 3.98. The highest BCUT2D eigenvalue weighted by molar-refractivity contribution is 5.01. The summed E-state index contributed by atoms with van der Waals surface area (Å²) in [6.07, 6.45) is 1.60. The fourth-order valence-corrected chi connectivity index (χ4v) is 1.26. The molecule has 0 aromatic carbocycles. The van der Waals surface area contributed by atoms with Crippen LogP contribution >= 0.6 is 0 Å². The summed E-state index contributed by atoms with van der Waals surface area (Å²) < 4.78 is 17.5. The molecule has 0 spiro atoms. The van der Waals surface area contributed by atoms with E-state index in [-0.39, 0.29) is 6.10 Å². The molecule has 3 rings (SSSR count). The van der Waals surface area contributed by atoms with E-state index in [0.717, 1.165) is 0 Å². The molecule has 3 aliphatic rings. The second-order valence-electron chi connectivity index (χ2n) is 2.49. The van der Waals surface area contributed by atoms with Gasteiger partial charge in [0.2, 0.25) is 0 Å². The second kappa shape index (κ2) is 0.848. The number of halogens is 1. The third kappa shape index (κ3) is 0.353. The Kier molecular flexibility index (Phi) is 0.465. The molecule has 0 N–H and O–H groups in total. The lowest BCUT2D eigenvalue weighted by Gasteiger charge is -2.25. The summed E-state index contributed by atoms with van der Waals surface area (Å²) in [5, 5.41) is 0. The Labute approximate surface area is 41.5 Å². The average Bonchev–Trinajstić information content (AvgIpc) is 1.88. The normalized spacial score (nSPS) is 57.0. The SMILES string of the molecule is FC12COC(C1)C2. The first-order valence-corrected chi connectivity index (χ1v) is 2.59. The minimum Gasteiger partial charge on any atom is -0.375 e. The standard InChI is InChI=1S/C5H7FO/c6-5-1-4(2-5)7-3-5/h4H,1-3H2. The Hall–Kier alpha value is -0.110. The van der Waals surface area contributed by atoms with Gasteiger partial charge in [-0.3, -0.25) is 0 Å². The molecule has 1 nitrogen and oxygen atoms in total. The predicted octanol–water partition coefficient (Wildman–Crippen LogP) is 0.887. The fraction of sp³-hybridized carbons (Fsp3) is 1.00. The first-order valence-electron chi connectivity index (χ1n) is 2.59. The molecule has 0 aromatic rings. The van der Waals surface area contributed by atoms with Crippen molar-refractivity contribution in [2.45, 2.75) is 24.6 Å². The lowest BCUT2D eigenvalue weighted by molar-refractivity contribution is 0.0875. The molecule has 0 atom stereocenters. The van der Waals surface area contributed by atoms with E-state index < -0.39 is 5.67 Å². The van der Waals surface area contributed by atoms with Gasteiger partial charge in [0.1, 0.15) is 5.67 Å². The maximum Gasteiger partial charge on any atom is 0.139 e. The Morgan fingerprint density at radius 2 is 2.29 bits per heavy atom. The Morgan fingerprint density at radius 1 is 1.57 bits per heavy atom. The minimum absolute atomic E-state index is 0.282. The summed E-state index contributed by atoms with van der Waals surface area (Å²) in [5.41, 5.74) is -0.884. The molecular formula is C5H7FO. The molecule has 0 amide bonds. The molecular weight excluding hydrogens is 95.1 g/mol. The highest BCUT2D eigenvalue weighted by Crippen LogP contribution is 2.45. The van der Waals surface area contributed by atoms with Crippen LogP contribution in [0, 0.1) is 0 Å². The van der Waals surface area contributed by atoms with E-state index >= 15 is 0 Å². The van der Waals surface area contributed by atoms with Gasteiger partial charge in [-0.2, -0.15) is 0 Å². The largest absolute Gasteiger partial charge is 0.375 e. The van der Waals surface area contributed by atoms with Gasteiger partial charge in [-0.1, -0.05) is 0 Å². The van der Waals surface area contributed by atoms with E-state index in [1.807, 2.05) is 0 Å². The van der Waals surface area contributed by atoms with Gasteiger partial charge in [-0.05, 0) is 0 Å². The molecule has 40 valence electrons. The molecule has 2 heterocycles. The van der Waals surface area contributed by atoms with Gasteiger partial charge < -0.3 is 4.74 Å². The van der Waals surface area contributed by atoms with E-state index in [4.69, 9.17) is 4.74 Å². The van der Waals surface area contributed by atoms with Crippen molar-refractivity contribution in [2.24, 2.45) is 0 Å². The van der Waals surface area contributed by atoms with Crippen LogP contribution in [0.25, 0.3) is 0 Å². The van der Waals surface area contributed by atoms with Crippen molar-refractivity contribution < 1.29 is 9.13 Å². The van der Waals surface area contributed by atoms with Crippen LogP contribution in [0.4, 0.5) is 4.39 Å². The molecule has 7 heavy (non-hydrogen) atoms. The number of ether oxygens (including phenoxy) is 1. The topological polar surface area (TPSA) is 9.23 Å². The third-order valence-corrected chi connectivity index (χ3v) is 1.76. The van der Waals surface area contributed by atoms with Crippen LogP contribution in [-0.4, -0.2) is 18.4 Å². The van der Waals surface area contributed by atoms with Gasteiger partial charge in [0.05, 0.1) is 12.7 Å². The lowest BCUT2D eigenvalue weighted by atomic mass is 9.84. The van der Waals surface area contributed by atoms with Crippen LogP contribution in [-0.2, 0) is 4.74 Å². The highest BCUT2D eigenvalue weighted by atomic mass is 19.1. The quantitative estimate of drug-likeness (QED) is 0.441. The van der Waals surface area contributed by atoms with Crippen LogP contribution in [0.3, 0.4) is 0 Å². The van der Waals surface area contributed by atoms with Crippen molar-refractivity contribution in [3.05, 3.63) is 0 Å². The molecule has 0 unspecified atom stereocenters. The summed E-state index contributed by atoms with van der Waals surface area (Å²) in [4.78, 5) is 0. The van der Waals surface area contributed by atoms with Gasteiger partial charge in [-0.15, -0.1) is 0 Å². The summed E-state index contributed by atoms with van der Waals surface area (Å²) >= 11 is 0. The van der Waals surface area contributed by atoms with Crippen molar-refractivity contribution in [3.8, 4) is 0 Å².